The maximum Gasteiger partial charge on any atom is 0.310 e. The van der Waals surface area contributed by atoms with E-state index in [1.807, 2.05) is 60.7 Å². The van der Waals surface area contributed by atoms with Gasteiger partial charge in [-0.3, -0.25) is 9.59 Å². The van der Waals surface area contributed by atoms with Crippen LogP contribution in [0.25, 0.3) is 0 Å². The molecular formula is C34H50O12. The Morgan fingerprint density at radius 2 is 0.761 bits per heavy atom. The van der Waals surface area contributed by atoms with E-state index in [9.17, 15) is 19.8 Å². The number of hydrogen-bond donors (Lipinski definition) is 2. The normalized spacial score (nSPS) is 11.6. The lowest BCUT2D eigenvalue weighted by Gasteiger charge is -2.27. The van der Waals surface area contributed by atoms with E-state index in [-0.39, 0.29) is 39.3 Å². The summed E-state index contributed by atoms with van der Waals surface area (Å²) in [5.41, 5.74) is 0.721. The molecule has 0 unspecified atom stereocenters. The maximum atomic E-state index is 12.1. The highest BCUT2D eigenvalue weighted by molar-refractivity contribution is 5.81. The molecule has 2 N–H and O–H groups in total. The van der Waals surface area contributed by atoms with Gasteiger partial charge in [0.25, 0.3) is 0 Å². The predicted molar refractivity (Wildman–Crippen MR) is 169 cm³/mol. The third-order valence-electron chi connectivity index (χ3n) is 6.85. The second-order valence-electron chi connectivity index (χ2n) is 10.4. The Bertz CT molecular complexity index is 956. The van der Waals surface area contributed by atoms with Crippen LogP contribution in [0.1, 0.15) is 30.4 Å². The van der Waals surface area contributed by atoms with Gasteiger partial charge in [0, 0.05) is 13.2 Å². The summed E-state index contributed by atoms with van der Waals surface area (Å²) in [5.74, 6) is -2.38. The fourth-order valence-corrected chi connectivity index (χ4v) is 4.26. The van der Waals surface area contributed by atoms with Crippen molar-refractivity contribution in [2.45, 2.75) is 32.5 Å². The Labute approximate surface area is 271 Å². The van der Waals surface area contributed by atoms with Crippen molar-refractivity contribution in [3.8, 4) is 0 Å². The summed E-state index contributed by atoms with van der Waals surface area (Å²) in [5, 5.41) is 19.2. The van der Waals surface area contributed by atoms with Gasteiger partial charge in [-0.1, -0.05) is 60.7 Å². The number of carbonyl (C=O) groups is 2. The van der Waals surface area contributed by atoms with Gasteiger partial charge in [-0.05, 0) is 24.0 Å². The van der Waals surface area contributed by atoms with Gasteiger partial charge in [-0.15, -0.1) is 0 Å². The summed E-state index contributed by atoms with van der Waals surface area (Å²) in [6.07, 6.45) is -0.458. The summed E-state index contributed by atoms with van der Waals surface area (Å²) in [7, 11) is 0. The van der Waals surface area contributed by atoms with Crippen molar-refractivity contribution in [3.63, 3.8) is 0 Å². The SMILES string of the molecule is O=C(O)CC(CCOCCOCCOCCOCc1ccccc1)(CCOCCOCCOCCOCc1ccccc1)C(=O)O. The third-order valence-corrected chi connectivity index (χ3v) is 6.85. The van der Waals surface area contributed by atoms with Crippen LogP contribution in [0.3, 0.4) is 0 Å². The molecule has 0 heterocycles. The van der Waals surface area contributed by atoms with Crippen molar-refractivity contribution >= 4 is 11.9 Å². The summed E-state index contributed by atoms with van der Waals surface area (Å²) < 4.78 is 44.1. The first-order chi connectivity index (χ1) is 22.5. The molecule has 2 aromatic carbocycles. The van der Waals surface area contributed by atoms with E-state index < -0.39 is 23.8 Å². The molecule has 0 saturated heterocycles. The van der Waals surface area contributed by atoms with Crippen LogP contribution in [0.4, 0.5) is 0 Å². The highest BCUT2D eigenvalue weighted by atomic mass is 16.6. The molecule has 0 amide bonds. The minimum Gasteiger partial charge on any atom is -0.481 e. The van der Waals surface area contributed by atoms with Crippen LogP contribution in [0.15, 0.2) is 60.7 Å². The van der Waals surface area contributed by atoms with E-state index in [0.29, 0.717) is 79.3 Å². The second-order valence-corrected chi connectivity index (χ2v) is 10.4. The number of ether oxygens (including phenoxy) is 8. The van der Waals surface area contributed by atoms with Crippen LogP contribution in [0, 0.1) is 5.41 Å². The lowest BCUT2D eigenvalue weighted by Crippen LogP contribution is -2.36. The number of aliphatic carboxylic acids is 2. The average Bonchev–Trinajstić information content (AvgIpc) is 3.05. The zero-order valence-electron chi connectivity index (χ0n) is 26.7. The van der Waals surface area contributed by atoms with Crippen LogP contribution < -0.4 is 0 Å². The Hall–Kier alpha value is -2.94. The maximum absolute atomic E-state index is 12.1. The van der Waals surface area contributed by atoms with Crippen LogP contribution in [0.2, 0.25) is 0 Å². The molecule has 0 aliphatic carbocycles. The van der Waals surface area contributed by atoms with Gasteiger partial charge in [-0.25, -0.2) is 0 Å². The molecule has 0 bridgehead atoms. The Morgan fingerprint density at radius 1 is 0.457 bits per heavy atom. The van der Waals surface area contributed by atoms with E-state index in [0.717, 1.165) is 11.1 Å². The predicted octanol–water partition coefficient (Wildman–Crippen LogP) is 3.85. The number of carboxylic acids is 2. The van der Waals surface area contributed by atoms with Crippen LogP contribution >= 0.6 is 0 Å². The summed E-state index contributed by atoms with van der Waals surface area (Å²) in [6.45, 7) is 5.87. The summed E-state index contributed by atoms with van der Waals surface area (Å²) in [4.78, 5) is 23.6. The van der Waals surface area contributed by atoms with Crippen molar-refractivity contribution in [3.05, 3.63) is 71.8 Å². The molecule has 258 valence electrons. The first-order valence-corrected chi connectivity index (χ1v) is 15.7. The highest BCUT2D eigenvalue weighted by Gasteiger charge is 2.40. The molecule has 0 saturated carbocycles. The minimum atomic E-state index is -1.50. The molecule has 0 atom stereocenters. The monoisotopic (exact) mass is 650 g/mol. The first kappa shape index (κ1) is 39.2. The average molecular weight is 651 g/mol. The van der Waals surface area contributed by atoms with Crippen molar-refractivity contribution in [2.24, 2.45) is 5.41 Å². The second kappa shape index (κ2) is 26.2. The summed E-state index contributed by atoms with van der Waals surface area (Å²) in [6, 6.07) is 19.8. The van der Waals surface area contributed by atoms with Crippen molar-refractivity contribution in [1.82, 2.24) is 0 Å². The van der Waals surface area contributed by atoms with E-state index in [4.69, 9.17) is 37.9 Å². The fourth-order valence-electron chi connectivity index (χ4n) is 4.26. The zero-order chi connectivity index (χ0) is 33.0. The lowest BCUT2D eigenvalue weighted by atomic mass is 9.78. The number of carboxylic acid groups (broad SMARTS) is 2. The van der Waals surface area contributed by atoms with E-state index in [2.05, 4.69) is 0 Å². The van der Waals surface area contributed by atoms with Gasteiger partial charge in [-0.2, -0.15) is 0 Å². The number of benzene rings is 2. The fraction of sp³-hybridized carbons (Fsp3) is 0.588. The van der Waals surface area contributed by atoms with Crippen molar-refractivity contribution in [1.29, 1.82) is 0 Å². The Morgan fingerprint density at radius 3 is 1.07 bits per heavy atom. The molecule has 0 aromatic heterocycles. The molecule has 0 aliphatic rings. The van der Waals surface area contributed by atoms with Gasteiger partial charge in [0.05, 0.1) is 104 Å². The van der Waals surface area contributed by atoms with E-state index >= 15 is 0 Å². The Balaban J connectivity index is 1.44. The number of rotatable bonds is 31. The molecule has 0 radical (unpaired) electrons. The van der Waals surface area contributed by atoms with Crippen LogP contribution in [0.5, 0.6) is 0 Å². The smallest absolute Gasteiger partial charge is 0.310 e. The van der Waals surface area contributed by atoms with Gasteiger partial charge < -0.3 is 48.1 Å². The molecule has 12 nitrogen and oxygen atoms in total. The Kier molecular flexibility index (Phi) is 22.3. The zero-order valence-corrected chi connectivity index (χ0v) is 26.7. The van der Waals surface area contributed by atoms with Crippen LogP contribution in [-0.4, -0.2) is 115 Å². The molecule has 0 fully saturated rings. The minimum absolute atomic E-state index is 0.0347. The molecule has 2 aromatic rings. The highest BCUT2D eigenvalue weighted by Crippen LogP contribution is 2.32. The summed E-state index contributed by atoms with van der Waals surface area (Å²) >= 11 is 0. The molecule has 0 spiro atoms. The first-order valence-electron chi connectivity index (χ1n) is 15.7. The molecule has 0 aliphatic heterocycles. The molecule has 2 rings (SSSR count). The van der Waals surface area contributed by atoms with Gasteiger partial charge in [0.2, 0.25) is 0 Å². The quantitative estimate of drug-likeness (QED) is 0.114. The van der Waals surface area contributed by atoms with Gasteiger partial charge in [0.1, 0.15) is 0 Å². The topological polar surface area (TPSA) is 148 Å². The lowest BCUT2D eigenvalue weighted by molar-refractivity contribution is -0.158. The van der Waals surface area contributed by atoms with Crippen LogP contribution in [-0.2, 0) is 60.7 Å². The standard InChI is InChI=1S/C34H50O12/c35-32(36)27-34(33(37)38,11-13-39-15-17-41-19-21-43-23-25-45-28-30-7-3-1-4-8-30)12-14-40-16-18-42-20-22-44-24-26-46-29-31-9-5-2-6-10-31/h1-10H,11-29H2,(H,35,36)(H,37,38). The number of hydrogen-bond acceptors (Lipinski definition) is 10. The van der Waals surface area contributed by atoms with E-state index in [1.165, 1.54) is 0 Å². The third kappa shape index (κ3) is 19.5. The van der Waals surface area contributed by atoms with Crippen molar-refractivity contribution in [2.75, 3.05) is 92.5 Å². The van der Waals surface area contributed by atoms with Gasteiger partial charge >= 0.3 is 11.9 Å². The van der Waals surface area contributed by atoms with E-state index in [1.54, 1.807) is 0 Å². The van der Waals surface area contributed by atoms with Gasteiger partial charge in [0.15, 0.2) is 0 Å². The van der Waals surface area contributed by atoms with Crippen molar-refractivity contribution < 1.29 is 57.7 Å². The molecule has 46 heavy (non-hydrogen) atoms. The molecular weight excluding hydrogens is 600 g/mol. The molecule has 12 heteroatoms. The largest absolute Gasteiger partial charge is 0.481 e.